The third-order valence-corrected chi connectivity index (χ3v) is 4.46. The van der Waals surface area contributed by atoms with Gasteiger partial charge in [0.05, 0.1) is 7.11 Å². The van der Waals surface area contributed by atoms with Gasteiger partial charge in [-0.1, -0.05) is 13.3 Å². The van der Waals surface area contributed by atoms with Gasteiger partial charge in [-0.15, -0.1) is 0 Å². The summed E-state index contributed by atoms with van der Waals surface area (Å²) in [7, 11) is 1.24. The molecule has 0 aliphatic heterocycles. The fraction of sp³-hybridized carbons (Fsp3) is 0.444. The van der Waals surface area contributed by atoms with E-state index in [0.717, 1.165) is 61.3 Å². The van der Waals surface area contributed by atoms with Gasteiger partial charge in [0.2, 0.25) is 5.76 Å². The van der Waals surface area contributed by atoms with E-state index in [0.29, 0.717) is 5.58 Å². The van der Waals surface area contributed by atoms with E-state index in [1.54, 1.807) is 0 Å². The van der Waals surface area contributed by atoms with Crippen molar-refractivity contribution in [1.29, 1.82) is 0 Å². The van der Waals surface area contributed by atoms with Crippen molar-refractivity contribution in [2.45, 2.75) is 45.4 Å². The number of hydrogen-bond donors (Lipinski definition) is 1. The lowest BCUT2D eigenvalue weighted by Crippen LogP contribution is -2.14. The molecule has 0 spiro atoms. The van der Waals surface area contributed by atoms with Crippen molar-refractivity contribution in [3.8, 4) is 5.75 Å². The molecule has 1 aliphatic rings. The summed E-state index contributed by atoms with van der Waals surface area (Å²) < 4.78 is 10.3. The number of rotatable bonds is 3. The average molecular weight is 316 g/mol. The summed E-state index contributed by atoms with van der Waals surface area (Å²) in [5.74, 6) is -0.805. The number of fused-ring (bicyclic) bond motifs is 2. The normalized spacial score (nSPS) is 13.8. The number of benzene rings is 1. The first-order valence-corrected chi connectivity index (χ1v) is 8.00. The molecular formula is C18H20O5. The molecule has 1 heterocycles. The molecule has 1 aromatic carbocycles. The van der Waals surface area contributed by atoms with E-state index in [9.17, 15) is 14.7 Å². The highest BCUT2D eigenvalue weighted by atomic mass is 16.5. The fourth-order valence-electron chi connectivity index (χ4n) is 3.43. The Hall–Kier alpha value is -2.30. The van der Waals surface area contributed by atoms with Crippen molar-refractivity contribution in [1.82, 2.24) is 0 Å². The zero-order valence-corrected chi connectivity index (χ0v) is 13.4. The number of aromatic hydroxyl groups is 1. The number of carbonyl (C=O) groups is 1. The number of phenols is 1. The first-order chi connectivity index (χ1) is 11.1. The van der Waals surface area contributed by atoms with Gasteiger partial charge in [0.15, 0.2) is 5.43 Å². The van der Waals surface area contributed by atoms with Crippen LogP contribution in [-0.4, -0.2) is 18.2 Å². The Morgan fingerprint density at radius 3 is 2.65 bits per heavy atom. The van der Waals surface area contributed by atoms with Crippen LogP contribution in [0.1, 0.15) is 53.4 Å². The Morgan fingerprint density at radius 1 is 1.30 bits per heavy atom. The van der Waals surface area contributed by atoms with Gasteiger partial charge in [-0.05, 0) is 48.8 Å². The molecule has 1 aliphatic carbocycles. The van der Waals surface area contributed by atoms with Gasteiger partial charge in [0.1, 0.15) is 16.7 Å². The van der Waals surface area contributed by atoms with Crippen molar-refractivity contribution in [2.24, 2.45) is 0 Å². The van der Waals surface area contributed by atoms with Crippen LogP contribution in [0.15, 0.2) is 15.3 Å². The van der Waals surface area contributed by atoms with Crippen LogP contribution in [0, 0.1) is 0 Å². The van der Waals surface area contributed by atoms with E-state index in [1.165, 1.54) is 7.11 Å². The standard InChI is InChI=1S/C18H20O5/c1-3-6-12-10-7-4-5-8-11(10)16(20)15-13(19)9-14(18(21)22-2)23-17(12)15/h9,20H,3-8H2,1-2H3. The molecule has 0 saturated carbocycles. The van der Waals surface area contributed by atoms with E-state index in [2.05, 4.69) is 11.7 Å². The summed E-state index contributed by atoms with van der Waals surface area (Å²) in [6, 6.07) is 1.10. The van der Waals surface area contributed by atoms with Crippen LogP contribution >= 0.6 is 0 Å². The van der Waals surface area contributed by atoms with Crippen LogP contribution in [0.2, 0.25) is 0 Å². The molecule has 5 nitrogen and oxygen atoms in total. The molecule has 1 N–H and O–H groups in total. The topological polar surface area (TPSA) is 76.7 Å². The van der Waals surface area contributed by atoms with Crippen LogP contribution in [0.5, 0.6) is 5.75 Å². The summed E-state index contributed by atoms with van der Waals surface area (Å²) in [4.78, 5) is 24.2. The lowest BCUT2D eigenvalue weighted by molar-refractivity contribution is 0.0565. The van der Waals surface area contributed by atoms with E-state index in [-0.39, 0.29) is 16.9 Å². The second kappa shape index (κ2) is 6.07. The Labute approximate surface area is 133 Å². The minimum Gasteiger partial charge on any atom is -0.507 e. The minimum atomic E-state index is -0.691. The van der Waals surface area contributed by atoms with E-state index in [1.807, 2.05) is 0 Å². The summed E-state index contributed by atoms with van der Waals surface area (Å²) in [6.07, 6.45) is 5.32. The van der Waals surface area contributed by atoms with Crippen LogP contribution in [0.3, 0.4) is 0 Å². The highest BCUT2D eigenvalue weighted by Gasteiger charge is 2.25. The largest absolute Gasteiger partial charge is 0.507 e. The van der Waals surface area contributed by atoms with Crippen molar-refractivity contribution in [3.05, 3.63) is 38.7 Å². The number of methoxy groups -OCH3 is 1. The first kappa shape index (κ1) is 15.6. The number of esters is 1. The molecule has 0 atom stereocenters. The van der Waals surface area contributed by atoms with E-state index >= 15 is 0 Å². The van der Waals surface area contributed by atoms with Crippen molar-refractivity contribution >= 4 is 16.9 Å². The van der Waals surface area contributed by atoms with Gasteiger partial charge >= 0.3 is 5.97 Å². The van der Waals surface area contributed by atoms with Crippen LogP contribution in [0.4, 0.5) is 0 Å². The maximum atomic E-state index is 12.5. The Balaban J connectivity index is 2.41. The van der Waals surface area contributed by atoms with Crippen LogP contribution in [0.25, 0.3) is 11.0 Å². The van der Waals surface area contributed by atoms with Gasteiger partial charge in [-0.3, -0.25) is 4.79 Å². The van der Waals surface area contributed by atoms with Gasteiger partial charge in [-0.25, -0.2) is 4.79 Å². The average Bonchev–Trinajstić information content (AvgIpc) is 2.57. The number of aryl methyl sites for hydroxylation is 1. The molecule has 0 saturated heterocycles. The van der Waals surface area contributed by atoms with E-state index in [4.69, 9.17) is 4.42 Å². The molecule has 122 valence electrons. The van der Waals surface area contributed by atoms with Crippen molar-refractivity contribution in [2.75, 3.05) is 7.11 Å². The quantitative estimate of drug-likeness (QED) is 0.880. The number of phenolic OH excluding ortho intramolecular Hbond substituents is 1. The smallest absolute Gasteiger partial charge is 0.374 e. The summed E-state index contributed by atoms with van der Waals surface area (Å²) >= 11 is 0. The Bertz CT molecular complexity index is 832. The molecule has 0 unspecified atom stereocenters. The Kier molecular flexibility index (Phi) is 4.11. The van der Waals surface area contributed by atoms with Crippen molar-refractivity contribution < 1.29 is 19.1 Å². The van der Waals surface area contributed by atoms with Gasteiger partial charge in [-0.2, -0.15) is 0 Å². The molecule has 0 fully saturated rings. The fourth-order valence-corrected chi connectivity index (χ4v) is 3.43. The number of carbonyl (C=O) groups excluding carboxylic acids is 1. The monoisotopic (exact) mass is 316 g/mol. The van der Waals surface area contributed by atoms with Gasteiger partial charge < -0.3 is 14.3 Å². The second-order valence-electron chi connectivity index (χ2n) is 5.91. The molecule has 1 aromatic heterocycles. The zero-order valence-electron chi connectivity index (χ0n) is 13.4. The minimum absolute atomic E-state index is 0.0136. The lowest BCUT2D eigenvalue weighted by Gasteiger charge is -2.22. The lowest BCUT2D eigenvalue weighted by atomic mass is 9.84. The highest BCUT2D eigenvalue weighted by Crippen LogP contribution is 2.38. The molecular weight excluding hydrogens is 296 g/mol. The number of ether oxygens (including phenoxy) is 1. The predicted octanol–water partition coefficient (Wildman–Crippen LogP) is 3.12. The molecule has 3 rings (SSSR count). The summed E-state index contributed by atoms with van der Waals surface area (Å²) in [5.41, 5.74) is 2.81. The predicted molar refractivity (Wildman–Crippen MR) is 86.1 cm³/mol. The third kappa shape index (κ3) is 2.50. The second-order valence-corrected chi connectivity index (χ2v) is 5.91. The van der Waals surface area contributed by atoms with Gasteiger partial charge in [0.25, 0.3) is 0 Å². The maximum absolute atomic E-state index is 12.5. The highest BCUT2D eigenvalue weighted by molar-refractivity contribution is 5.93. The Morgan fingerprint density at radius 2 is 2.00 bits per heavy atom. The van der Waals surface area contributed by atoms with Crippen LogP contribution in [-0.2, 0) is 24.0 Å². The first-order valence-electron chi connectivity index (χ1n) is 8.00. The molecule has 0 bridgehead atoms. The zero-order chi connectivity index (χ0) is 16.6. The van der Waals surface area contributed by atoms with Crippen LogP contribution < -0.4 is 5.43 Å². The molecule has 0 radical (unpaired) electrons. The number of hydrogen-bond acceptors (Lipinski definition) is 5. The van der Waals surface area contributed by atoms with Gasteiger partial charge in [0, 0.05) is 6.07 Å². The third-order valence-electron chi connectivity index (χ3n) is 4.46. The summed E-state index contributed by atoms with van der Waals surface area (Å²) in [5, 5.41) is 10.8. The molecule has 23 heavy (non-hydrogen) atoms. The molecule has 5 heteroatoms. The molecule has 0 amide bonds. The summed E-state index contributed by atoms with van der Waals surface area (Å²) in [6.45, 7) is 2.05. The molecule has 2 aromatic rings. The SMILES string of the molecule is CCCc1c2c(c(O)c3c(=O)cc(C(=O)OC)oc13)CCCC2. The van der Waals surface area contributed by atoms with Crippen molar-refractivity contribution in [3.63, 3.8) is 0 Å². The van der Waals surface area contributed by atoms with E-state index < -0.39 is 11.4 Å². The maximum Gasteiger partial charge on any atom is 0.374 e.